The first-order valence-electron chi connectivity index (χ1n) is 9.84. The lowest BCUT2D eigenvalue weighted by Crippen LogP contribution is -2.36. The van der Waals surface area contributed by atoms with Crippen LogP contribution >= 0.6 is 23.5 Å². The number of nitrogens with one attached hydrogen (secondary N) is 1. The second-order valence-electron chi connectivity index (χ2n) is 7.21. The summed E-state index contributed by atoms with van der Waals surface area (Å²) in [6.07, 6.45) is 1.53. The zero-order valence-electron chi connectivity index (χ0n) is 17.5. The predicted molar refractivity (Wildman–Crippen MR) is 126 cm³/mol. The van der Waals surface area contributed by atoms with Crippen LogP contribution in [0.2, 0.25) is 0 Å². The molecule has 6 nitrogen and oxygen atoms in total. The second-order valence-corrected chi connectivity index (χ2v) is 9.28. The van der Waals surface area contributed by atoms with E-state index in [1.807, 2.05) is 62.4 Å². The lowest BCUT2D eigenvalue weighted by atomic mass is 10.1. The number of aryl methyl sites for hydroxylation is 2. The summed E-state index contributed by atoms with van der Waals surface area (Å²) in [5.41, 5.74) is 2.65. The monoisotopic (exact) mass is 464 g/mol. The molecule has 3 aromatic rings. The molecule has 1 fully saturated rings. The maximum atomic E-state index is 12.7. The van der Waals surface area contributed by atoms with E-state index in [1.54, 1.807) is 12.1 Å². The number of thioether (sulfide) groups is 1. The molecule has 1 aliphatic heterocycles. The number of nitrogens with zero attached hydrogens (tertiary/aromatic N) is 1. The van der Waals surface area contributed by atoms with E-state index >= 15 is 0 Å². The van der Waals surface area contributed by atoms with Gasteiger partial charge < -0.3 is 9.73 Å². The maximum Gasteiger partial charge on any atom is 0.294 e. The smallest absolute Gasteiger partial charge is 0.294 e. The topological polar surface area (TPSA) is 79.6 Å². The van der Waals surface area contributed by atoms with Crippen molar-refractivity contribution >= 4 is 52.3 Å². The first-order chi connectivity index (χ1) is 15.4. The van der Waals surface area contributed by atoms with Gasteiger partial charge in [-0.3, -0.25) is 19.3 Å². The van der Waals surface area contributed by atoms with Gasteiger partial charge in [0.05, 0.1) is 4.91 Å². The number of hydrogen-bond donors (Lipinski definition) is 1. The van der Waals surface area contributed by atoms with Crippen molar-refractivity contribution in [3.63, 3.8) is 0 Å². The fourth-order valence-corrected chi connectivity index (χ4v) is 4.74. The lowest BCUT2D eigenvalue weighted by Gasteiger charge is -2.13. The largest absolute Gasteiger partial charge is 0.450 e. The maximum absolute atomic E-state index is 12.7. The van der Waals surface area contributed by atoms with Crippen molar-refractivity contribution in [2.24, 2.45) is 0 Å². The minimum atomic E-state index is -0.510. The number of carbonyl (C=O) groups excluding carboxylic acids is 3. The molecular weight excluding hydrogens is 444 g/mol. The molecule has 8 heteroatoms. The Labute approximate surface area is 194 Å². The van der Waals surface area contributed by atoms with Gasteiger partial charge in [0.15, 0.2) is 5.09 Å². The first-order valence-corrected chi connectivity index (χ1v) is 11.5. The second kappa shape index (κ2) is 9.50. The Morgan fingerprint density at radius 2 is 1.88 bits per heavy atom. The van der Waals surface area contributed by atoms with Crippen LogP contribution in [0.5, 0.6) is 0 Å². The number of rotatable bonds is 6. The number of carbonyl (C=O) groups is 3. The van der Waals surface area contributed by atoms with Crippen molar-refractivity contribution in [3.8, 4) is 0 Å². The molecular formula is C24H20N2O4S2. The van der Waals surface area contributed by atoms with Gasteiger partial charge in [0.2, 0.25) is 5.91 Å². The average molecular weight is 465 g/mol. The van der Waals surface area contributed by atoms with Gasteiger partial charge in [-0.05, 0) is 61.5 Å². The molecule has 0 aliphatic carbocycles. The molecule has 4 rings (SSSR count). The molecule has 2 aromatic carbocycles. The SMILES string of the molecule is Cc1ccc(NC(=O)CN2C(=O)S/C(=C\c3ccc(Sc4ccccc4)o3)C2=O)c(C)c1. The molecule has 1 N–H and O–H groups in total. The highest BCUT2D eigenvalue weighted by molar-refractivity contribution is 8.18. The van der Waals surface area contributed by atoms with Crippen LogP contribution in [0.1, 0.15) is 16.9 Å². The number of anilines is 1. The third-order valence-corrected chi connectivity index (χ3v) is 6.50. The summed E-state index contributed by atoms with van der Waals surface area (Å²) in [6.45, 7) is 3.51. The summed E-state index contributed by atoms with van der Waals surface area (Å²) in [5.74, 6) is -0.474. The van der Waals surface area contributed by atoms with Crippen LogP contribution in [0.4, 0.5) is 10.5 Å². The van der Waals surface area contributed by atoms with Gasteiger partial charge in [0, 0.05) is 16.7 Å². The van der Waals surface area contributed by atoms with Crippen molar-refractivity contribution in [1.82, 2.24) is 4.90 Å². The fourth-order valence-electron chi connectivity index (χ4n) is 3.12. The Morgan fingerprint density at radius 1 is 1.09 bits per heavy atom. The van der Waals surface area contributed by atoms with Gasteiger partial charge in [-0.25, -0.2) is 0 Å². The number of amides is 3. The first kappa shape index (κ1) is 22.0. The summed E-state index contributed by atoms with van der Waals surface area (Å²) < 4.78 is 5.76. The van der Waals surface area contributed by atoms with Gasteiger partial charge in [0.1, 0.15) is 12.3 Å². The van der Waals surface area contributed by atoms with Gasteiger partial charge in [-0.2, -0.15) is 0 Å². The molecule has 1 aliphatic rings. The van der Waals surface area contributed by atoms with Crippen molar-refractivity contribution in [3.05, 3.63) is 82.5 Å². The number of imide groups is 1. The van der Waals surface area contributed by atoms with Crippen LogP contribution in [0.15, 0.2) is 80.0 Å². The van der Waals surface area contributed by atoms with E-state index < -0.39 is 17.1 Å². The van der Waals surface area contributed by atoms with Crippen LogP contribution in [-0.2, 0) is 9.59 Å². The van der Waals surface area contributed by atoms with Crippen LogP contribution in [-0.4, -0.2) is 28.5 Å². The Morgan fingerprint density at radius 3 is 2.62 bits per heavy atom. The standard InChI is InChI=1S/C24H20N2O4S2/c1-15-8-10-19(16(2)12-15)25-21(27)14-26-23(28)20(32-24(26)29)13-17-9-11-22(30-17)31-18-6-4-3-5-7-18/h3-13H,14H2,1-2H3,(H,25,27)/b20-13-. The van der Waals surface area contributed by atoms with Crippen molar-refractivity contribution in [1.29, 1.82) is 0 Å². The highest BCUT2D eigenvalue weighted by Gasteiger charge is 2.36. The lowest BCUT2D eigenvalue weighted by molar-refractivity contribution is -0.127. The third-order valence-electron chi connectivity index (χ3n) is 4.67. The van der Waals surface area contributed by atoms with Crippen molar-refractivity contribution in [2.75, 3.05) is 11.9 Å². The molecule has 0 atom stereocenters. The molecule has 0 saturated carbocycles. The quantitative estimate of drug-likeness (QED) is 0.470. The van der Waals surface area contributed by atoms with E-state index in [1.165, 1.54) is 17.8 Å². The molecule has 1 aromatic heterocycles. The Hall–Kier alpha value is -3.23. The van der Waals surface area contributed by atoms with E-state index in [-0.39, 0.29) is 11.4 Å². The highest BCUT2D eigenvalue weighted by atomic mass is 32.2. The number of hydrogen-bond acceptors (Lipinski definition) is 6. The molecule has 0 bridgehead atoms. The van der Waals surface area contributed by atoms with Gasteiger partial charge in [0.25, 0.3) is 11.1 Å². The van der Waals surface area contributed by atoms with Crippen LogP contribution in [0.3, 0.4) is 0 Å². The molecule has 0 unspecified atom stereocenters. The predicted octanol–water partition coefficient (Wildman–Crippen LogP) is 5.72. The highest BCUT2D eigenvalue weighted by Crippen LogP contribution is 2.34. The van der Waals surface area contributed by atoms with Gasteiger partial charge in [-0.1, -0.05) is 47.7 Å². The van der Waals surface area contributed by atoms with E-state index in [4.69, 9.17) is 4.42 Å². The summed E-state index contributed by atoms with van der Waals surface area (Å²) in [5, 5.41) is 2.95. The summed E-state index contributed by atoms with van der Waals surface area (Å²) in [6, 6.07) is 19.0. The molecule has 32 heavy (non-hydrogen) atoms. The summed E-state index contributed by atoms with van der Waals surface area (Å²) in [7, 11) is 0. The van der Waals surface area contributed by atoms with E-state index in [9.17, 15) is 14.4 Å². The molecule has 2 heterocycles. The Balaban J connectivity index is 1.41. The molecule has 1 saturated heterocycles. The normalized spacial score (nSPS) is 14.9. The zero-order valence-corrected chi connectivity index (χ0v) is 19.1. The van der Waals surface area contributed by atoms with Crippen LogP contribution in [0.25, 0.3) is 6.08 Å². The molecule has 162 valence electrons. The molecule has 0 spiro atoms. The Kier molecular flexibility index (Phi) is 6.53. The van der Waals surface area contributed by atoms with Gasteiger partial charge >= 0.3 is 0 Å². The van der Waals surface area contributed by atoms with E-state index in [0.717, 1.165) is 32.7 Å². The molecule has 3 amide bonds. The van der Waals surface area contributed by atoms with E-state index in [0.29, 0.717) is 16.5 Å². The van der Waals surface area contributed by atoms with Crippen molar-refractivity contribution in [2.45, 2.75) is 23.8 Å². The Bertz CT molecular complexity index is 1220. The van der Waals surface area contributed by atoms with Gasteiger partial charge in [-0.15, -0.1) is 0 Å². The van der Waals surface area contributed by atoms with Crippen molar-refractivity contribution < 1.29 is 18.8 Å². The summed E-state index contributed by atoms with van der Waals surface area (Å²) in [4.78, 5) is 39.7. The average Bonchev–Trinajstić information content (AvgIpc) is 3.30. The van der Waals surface area contributed by atoms with E-state index in [2.05, 4.69) is 5.32 Å². The zero-order chi connectivity index (χ0) is 22.7. The summed E-state index contributed by atoms with van der Waals surface area (Å²) >= 11 is 2.26. The minimum Gasteiger partial charge on any atom is -0.450 e. The fraction of sp³-hybridized carbons (Fsp3) is 0.125. The number of benzene rings is 2. The van der Waals surface area contributed by atoms with Crippen LogP contribution in [0, 0.1) is 13.8 Å². The van der Waals surface area contributed by atoms with Crippen LogP contribution < -0.4 is 5.32 Å². The number of furan rings is 1. The molecule has 0 radical (unpaired) electrons. The minimum absolute atomic E-state index is 0.222. The third kappa shape index (κ3) is 5.15.